The summed E-state index contributed by atoms with van der Waals surface area (Å²) in [7, 11) is 0. The van der Waals surface area contributed by atoms with Gasteiger partial charge in [-0.1, -0.05) is 36.4 Å². The Morgan fingerprint density at radius 3 is 3.00 bits per heavy atom. The molecule has 0 N–H and O–H groups in total. The molecule has 76 valence electrons. The molecule has 1 unspecified atom stereocenters. The lowest BCUT2D eigenvalue weighted by molar-refractivity contribution is 0.00305. The van der Waals surface area contributed by atoms with Gasteiger partial charge in [0.2, 0.25) is 0 Å². The Bertz CT molecular complexity index is 430. The maximum Gasteiger partial charge on any atom is 0.183 e. The summed E-state index contributed by atoms with van der Waals surface area (Å²) >= 11 is 0. The van der Waals surface area contributed by atoms with Crippen molar-refractivity contribution in [1.29, 1.82) is 5.26 Å². The lowest BCUT2D eigenvalue weighted by Crippen LogP contribution is -2.29. The molecule has 1 aromatic rings. The van der Waals surface area contributed by atoms with Crippen molar-refractivity contribution in [3.05, 3.63) is 41.5 Å². The first kappa shape index (κ1) is 9.95. The van der Waals surface area contributed by atoms with Crippen LogP contribution in [0.3, 0.4) is 0 Å². The second-order valence-electron chi connectivity index (χ2n) is 3.57. The Hall–Kier alpha value is -1.59. The lowest BCUT2D eigenvalue weighted by Gasteiger charge is -2.29. The summed E-state index contributed by atoms with van der Waals surface area (Å²) in [6.07, 6.45) is 4.68. The number of hydrogen-bond donors (Lipinski definition) is 0. The molecule has 0 radical (unpaired) electrons. The van der Waals surface area contributed by atoms with E-state index in [0.29, 0.717) is 13.0 Å². The topological polar surface area (TPSA) is 33.0 Å². The minimum atomic E-state index is -0.778. The second-order valence-corrected chi connectivity index (χ2v) is 3.57. The Morgan fingerprint density at radius 1 is 1.47 bits per heavy atom. The van der Waals surface area contributed by atoms with Gasteiger partial charge in [-0.2, -0.15) is 5.26 Å². The Morgan fingerprint density at radius 2 is 2.27 bits per heavy atom. The molecule has 0 heterocycles. The third-order valence-electron chi connectivity index (χ3n) is 2.67. The van der Waals surface area contributed by atoms with Gasteiger partial charge in [0, 0.05) is 18.6 Å². The van der Waals surface area contributed by atoms with E-state index in [1.54, 1.807) is 0 Å². The summed E-state index contributed by atoms with van der Waals surface area (Å²) in [5.41, 5.74) is 1.29. The Kier molecular flexibility index (Phi) is 2.57. The highest BCUT2D eigenvalue weighted by molar-refractivity contribution is 5.60. The van der Waals surface area contributed by atoms with Gasteiger partial charge >= 0.3 is 0 Å². The van der Waals surface area contributed by atoms with Crippen LogP contribution in [0.1, 0.15) is 24.5 Å². The Labute approximate surface area is 89.8 Å². The first-order chi connectivity index (χ1) is 7.32. The number of benzene rings is 1. The second kappa shape index (κ2) is 3.88. The average Bonchev–Trinajstić information content (AvgIpc) is 2.30. The predicted octanol–water partition coefficient (Wildman–Crippen LogP) is 2.86. The first-order valence-electron chi connectivity index (χ1n) is 5.13. The van der Waals surface area contributed by atoms with E-state index in [1.165, 1.54) is 0 Å². The van der Waals surface area contributed by atoms with Crippen LogP contribution < -0.4 is 0 Å². The van der Waals surface area contributed by atoms with Crippen molar-refractivity contribution in [2.24, 2.45) is 0 Å². The van der Waals surface area contributed by atoms with Gasteiger partial charge in [0.25, 0.3) is 0 Å². The maximum absolute atomic E-state index is 9.31. The zero-order valence-electron chi connectivity index (χ0n) is 8.73. The van der Waals surface area contributed by atoms with Gasteiger partial charge in [0.15, 0.2) is 5.60 Å². The van der Waals surface area contributed by atoms with E-state index in [4.69, 9.17) is 4.74 Å². The quantitative estimate of drug-likeness (QED) is 0.733. The van der Waals surface area contributed by atoms with E-state index in [2.05, 4.69) is 6.07 Å². The van der Waals surface area contributed by atoms with Gasteiger partial charge in [-0.05, 0) is 12.5 Å². The molecule has 0 saturated carbocycles. The van der Waals surface area contributed by atoms with Gasteiger partial charge in [0.05, 0.1) is 0 Å². The van der Waals surface area contributed by atoms with Gasteiger partial charge in [0.1, 0.15) is 6.07 Å². The molecule has 1 aliphatic rings. The van der Waals surface area contributed by atoms with Gasteiger partial charge in [-0.25, -0.2) is 0 Å². The van der Waals surface area contributed by atoms with Gasteiger partial charge in [-0.15, -0.1) is 0 Å². The molecule has 2 nitrogen and oxygen atoms in total. The van der Waals surface area contributed by atoms with E-state index in [1.807, 2.05) is 43.3 Å². The van der Waals surface area contributed by atoms with Crippen molar-refractivity contribution in [3.63, 3.8) is 0 Å². The van der Waals surface area contributed by atoms with Crippen LogP contribution in [0.5, 0.6) is 0 Å². The standard InChI is InChI=1S/C13H13NO/c1-2-15-13(10-14)9-5-7-11-6-3-4-8-12(11)13/h3-8H,2,9H2,1H3. The smallest absolute Gasteiger partial charge is 0.183 e. The fourth-order valence-electron chi connectivity index (χ4n) is 1.99. The number of rotatable bonds is 2. The fourth-order valence-corrected chi connectivity index (χ4v) is 1.99. The van der Waals surface area contributed by atoms with Crippen LogP contribution >= 0.6 is 0 Å². The fraction of sp³-hybridized carbons (Fsp3) is 0.308. The lowest BCUT2D eigenvalue weighted by atomic mass is 9.84. The van der Waals surface area contributed by atoms with Crippen molar-refractivity contribution >= 4 is 6.08 Å². The van der Waals surface area contributed by atoms with Crippen LogP contribution in [0.25, 0.3) is 6.08 Å². The molecular weight excluding hydrogens is 186 g/mol. The van der Waals surface area contributed by atoms with E-state index in [-0.39, 0.29) is 0 Å². The summed E-state index contributed by atoms with van der Waals surface area (Å²) in [4.78, 5) is 0. The number of nitriles is 1. The molecule has 1 aliphatic carbocycles. The van der Waals surface area contributed by atoms with Crippen molar-refractivity contribution in [1.82, 2.24) is 0 Å². The molecule has 0 aliphatic heterocycles. The molecule has 2 rings (SSSR count). The molecule has 15 heavy (non-hydrogen) atoms. The summed E-state index contributed by atoms with van der Waals surface area (Å²) in [6, 6.07) is 10.2. The minimum Gasteiger partial charge on any atom is -0.356 e. The van der Waals surface area contributed by atoms with Crippen molar-refractivity contribution in [3.8, 4) is 6.07 Å². The summed E-state index contributed by atoms with van der Waals surface area (Å²) in [6.45, 7) is 2.47. The predicted molar refractivity (Wildman–Crippen MR) is 59.0 cm³/mol. The molecule has 0 saturated heterocycles. The van der Waals surface area contributed by atoms with Crippen LogP contribution in [0.2, 0.25) is 0 Å². The maximum atomic E-state index is 9.31. The summed E-state index contributed by atoms with van der Waals surface area (Å²) in [5, 5.41) is 9.31. The van der Waals surface area contributed by atoms with E-state index >= 15 is 0 Å². The number of fused-ring (bicyclic) bond motifs is 1. The van der Waals surface area contributed by atoms with Gasteiger partial charge < -0.3 is 4.74 Å². The van der Waals surface area contributed by atoms with Crippen LogP contribution in [-0.4, -0.2) is 6.61 Å². The molecule has 2 heteroatoms. The molecular formula is C13H13NO. The Balaban J connectivity index is 2.53. The minimum absolute atomic E-state index is 0.551. The molecule has 0 bridgehead atoms. The highest BCUT2D eigenvalue weighted by Gasteiger charge is 2.35. The molecule has 0 amide bonds. The molecule has 0 fully saturated rings. The summed E-state index contributed by atoms with van der Waals surface area (Å²) in [5.74, 6) is 0. The highest BCUT2D eigenvalue weighted by Crippen LogP contribution is 2.36. The highest BCUT2D eigenvalue weighted by atomic mass is 16.5. The third-order valence-corrected chi connectivity index (χ3v) is 2.67. The van der Waals surface area contributed by atoms with Crippen LogP contribution in [0, 0.1) is 11.3 Å². The van der Waals surface area contributed by atoms with Crippen LogP contribution in [-0.2, 0) is 10.3 Å². The van der Waals surface area contributed by atoms with E-state index in [0.717, 1.165) is 11.1 Å². The monoisotopic (exact) mass is 199 g/mol. The van der Waals surface area contributed by atoms with E-state index < -0.39 is 5.60 Å². The van der Waals surface area contributed by atoms with Crippen LogP contribution in [0.15, 0.2) is 30.3 Å². The molecule has 0 spiro atoms. The average molecular weight is 199 g/mol. The molecule has 1 atom stereocenters. The van der Waals surface area contributed by atoms with Gasteiger partial charge in [-0.3, -0.25) is 0 Å². The third kappa shape index (κ3) is 1.55. The van der Waals surface area contributed by atoms with E-state index in [9.17, 15) is 5.26 Å². The summed E-state index contributed by atoms with van der Waals surface area (Å²) < 4.78 is 5.63. The van der Waals surface area contributed by atoms with Crippen molar-refractivity contribution in [2.75, 3.05) is 6.61 Å². The zero-order chi connectivity index (χ0) is 10.7. The normalized spacial score (nSPS) is 23.2. The zero-order valence-corrected chi connectivity index (χ0v) is 8.73. The molecule has 0 aromatic heterocycles. The number of nitrogens with zero attached hydrogens (tertiary/aromatic N) is 1. The molecule has 1 aromatic carbocycles. The SMILES string of the molecule is CCOC1(C#N)CC=Cc2ccccc21. The number of hydrogen-bond acceptors (Lipinski definition) is 2. The van der Waals surface area contributed by atoms with Crippen LogP contribution in [0.4, 0.5) is 0 Å². The largest absolute Gasteiger partial charge is 0.356 e. The first-order valence-corrected chi connectivity index (χ1v) is 5.13. The van der Waals surface area contributed by atoms with Crippen molar-refractivity contribution < 1.29 is 4.74 Å². The van der Waals surface area contributed by atoms with Crippen molar-refractivity contribution in [2.45, 2.75) is 18.9 Å². The number of ether oxygens (including phenoxy) is 1.